The third-order valence-corrected chi connectivity index (χ3v) is 2.65. The van der Waals surface area contributed by atoms with Crippen LogP contribution in [0.3, 0.4) is 0 Å². The fraction of sp³-hybridized carbons (Fsp3) is 0.333. The second-order valence-corrected chi connectivity index (χ2v) is 3.87. The molecule has 0 unspecified atom stereocenters. The molecule has 0 aliphatic heterocycles. The summed E-state index contributed by atoms with van der Waals surface area (Å²) < 4.78 is 5.25. The van der Waals surface area contributed by atoms with Crippen LogP contribution in [0.15, 0.2) is 18.2 Å². The van der Waals surface area contributed by atoms with E-state index in [1.54, 1.807) is 7.11 Å². The normalized spacial score (nSPS) is 10.9. The number of rotatable bonds is 4. The molecule has 0 fully saturated rings. The number of aliphatic hydroxyl groups is 1. The summed E-state index contributed by atoms with van der Waals surface area (Å²) >= 11 is 3.33. The molecule has 0 atom stereocenters. The van der Waals surface area contributed by atoms with Crippen molar-refractivity contribution < 1.29 is 9.84 Å². The molecule has 3 heteroatoms. The van der Waals surface area contributed by atoms with Crippen LogP contribution in [-0.4, -0.2) is 17.5 Å². The molecule has 0 saturated heterocycles. The van der Waals surface area contributed by atoms with Crippen LogP contribution in [0.25, 0.3) is 6.08 Å². The standard InChI is InChI=1S/C12H15BrO2/c1-9-11(8-14)6-10(4-3-5-13)7-12(9)15-2/h3-4,6-7,14H,5,8H2,1-2H3/b4-3+. The summed E-state index contributed by atoms with van der Waals surface area (Å²) in [4.78, 5) is 0. The third kappa shape index (κ3) is 3.08. The first-order valence-electron chi connectivity index (χ1n) is 4.73. The molecule has 1 aromatic rings. The minimum Gasteiger partial charge on any atom is -0.496 e. The van der Waals surface area contributed by atoms with E-state index < -0.39 is 0 Å². The molecule has 0 aliphatic carbocycles. The quantitative estimate of drug-likeness (QED) is 0.853. The summed E-state index contributed by atoms with van der Waals surface area (Å²) in [5, 5.41) is 10.0. The molecule has 82 valence electrons. The summed E-state index contributed by atoms with van der Waals surface area (Å²) in [5.74, 6) is 0.816. The number of ether oxygens (including phenoxy) is 1. The van der Waals surface area contributed by atoms with Gasteiger partial charge in [0.15, 0.2) is 0 Å². The number of methoxy groups -OCH3 is 1. The Morgan fingerprint density at radius 3 is 2.73 bits per heavy atom. The van der Waals surface area contributed by atoms with Gasteiger partial charge in [-0.3, -0.25) is 0 Å². The van der Waals surface area contributed by atoms with Crippen LogP contribution in [0.4, 0.5) is 0 Å². The van der Waals surface area contributed by atoms with E-state index in [0.717, 1.165) is 27.8 Å². The summed E-state index contributed by atoms with van der Waals surface area (Å²) in [6, 6.07) is 3.94. The SMILES string of the molecule is COc1cc(/C=C/CBr)cc(CO)c1C. The topological polar surface area (TPSA) is 29.5 Å². The molecule has 15 heavy (non-hydrogen) atoms. The molecular formula is C12H15BrO2. The molecule has 1 rings (SSSR count). The van der Waals surface area contributed by atoms with Crippen molar-refractivity contribution in [3.8, 4) is 5.75 Å². The minimum atomic E-state index is 0.0399. The predicted octanol–water partition coefficient (Wildman–Crippen LogP) is 2.90. The first kappa shape index (κ1) is 12.3. The van der Waals surface area contributed by atoms with Crippen LogP contribution in [0, 0.1) is 6.92 Å². The third-order valence-electron chi connectivity index (χ3n) is 2.28. The van der Waals surface area contributed by atoms with Gasteiger partial charge in [0.2, 0.25) is 0 Å². The van der Waals surface area contributed by atoms with E-state index in [4.69, 9.17) is 4.74 Å². The van der Waals surface area contributed by atoms with Gasteiger partial charge in [-0.25, -0.2) is 0 Å². The lowest BCUT2D eigenvalue weighted by Gasteiger charge is -2.10. The fourth-order valence-corrected chi connectivity index (χ4v) is 1.61. The molecule has 0 aliphatic rings. The fourth-order valence-electron chi connectivity index (χ4n) is 1.42. The Kier molecular flexibility index (Phi) is 4.85. The Balaban J connectivity index is 3.14. The van der Waals surface area contributed by atoms with E-state index in [-0.39, 0.29) is 6.61 Å². The Labute approximate surface area is 98.7 Å². The Hall–Kier alpha value is -0.800. The zero-order chi connectivity index (χ0) is 11.3. The van der Waals surface area contributed by atoms with Crippen molar-refractivity contribution in [1.29, 1.82) is 0 Å². The number of benzene rings is 1. The molecular weight excluding hydrogens is 256 g/mol. The largest absolute Gasteiger partial charge is 0.496 e. The van der Waals surface area contributed by atoms with Crippen molar-refractivity contribution in [1.82, 2.24) is 0 Å². The van der Waals surface area contributed by atoms with Crippen molar-refractivity contribution in [2.45, 2.75) is 13.5 Å². The smallest absolute Gasteiger partial charge is 0.122 e. The molecule has 1 N–H and O–H groups in total. The van der Waals surface area contributed by atoms with E-state index in [2.05, 4.69) is 15.9 Å². The van der Waals surface area contributed by atoms with Crippen molar-refractivity contribution in [3.05, 3.63) is 34.9 Å². The molecule has 0 radical (unpaired) electrons. The van der Waals surface area contributed by atoms with Gasteiger partial charge in [-0.2, -0.15) is 0 Å². The van der Waals surface area contributed by atoms with Crippen LogP contribution in [0.5, 0.6) is 5.75 Å². The molecule has 0 spiro atoms. The average molecular weight is 271 g/mol. The first-order chi connectivity index (χ1) is 7.22. The van der Waals surface area contributed by atoms with E-state index in [0.29, 0.717) is 0 Å². The highest BCUT2D eigenvalue weighted by Gasteiger charge is 2.05. The number of allylic oxidation sites excluding steroid dienone is 1. The monoisotopic (exact) mass is 270 g/mol. The molecule has 0 bridgehead atoms. The lowest BCUT2D eigenvalue weighted by molar-refractivity contribution is 0.280. The molecule has 0 amide bonds. The number of halogens is 1. The minimum absolute atomic E-state index is 0.0399. The Morgan fingerprint density at radius 2 is 2.20 bits per heavy atom. The van der Waals surface area contributed by atoms with E-state index >= 15 is 0 Å². The van der Waals surface area contributed by atoms with E-state index in [1.165, 1.54) is 0 Å². The Bertz CT molecular complexity index is 334. The van der Waals surface area contributed by atoms with Gasteiger partial charge < -0.3 is 9.84 Å². The van der Waals surface area contributed by atoms with Crippen molar-refractivity contribution in [2.75, 3.05) is 12.4 Å². The van der Waals surface area contributed by atoms with Gasteiger partial charge in [-0.1, -0.05) is 28.1 Å². The van der Waals surface area contributed by atoms with Gasteiger partial charge in [-0.05, 0) is 35.7 Å². The molecule has 2 nitrogen and oxygen atoms in total. The number of aliphatic hydroxyl groups excluding tert-OH is 1. The van der Waals surface area contributed by atoms with Gasteiger partial charge in [0.05, 0.1) is 13.7 Å². The Morgan fingerprint density at radius 1 is 1.47 bits per heavy atom. The second-order valence-electron chi connectivity index (χ2n) is 3.22. The predicted molar refractivity (Wildman–Crippen MR) is 66.5 cm³/mol. The molecule has 0 saturated carbocycles. The van der Waals surface area contributed by atoms with Crippen molar-refractivity contribution in [3.63, 3.8) is 0 Å². The molecule has 0 heterocycles. The number of hydrogen-bond acceptors (Lipinski definition) is 2. The zero-order valence-electron chi connectivity index (χ0n) is 8.96. The van der Waals surface area contributed by atoms with Gasteiger partial charge in [0.25, 0.3) is 0 Å². The van der Waals surface area contributed by atoms with Crippen LogP contribution < -0.4 is 4.74 Å². The van der Waals surface area contributed by atoms with Crippen LogP contribution in [-0.2, 0) is 6.61 Å². The summed E-state index contributed by atoms with van der Waals surface area (Å²) in [5.41, 5.74) is 2.94. The summed E-state index contributed by atoms with van der Waals surface area (Å²) in [6.07, 6.45) is 4.00. The van der Waals surface area contributed by atoms with E-state index in [1.807, 2.05) is 31.2 Å². The lowest BCUT2D eigenvalue weighted by Crippen LogP contribution is -1.95. The van der Waals surface area contributed by atoms with Gasteiger partial charge in [-0.15, -0.1) is 0 Å². The first-order valence-corrected chi connectivity index (χ1v) is 5.86. The number of alkyl halides is 1. The summed E-state index contributed by atoms with van der Waals surface area (Å²) in [6.45, 7) is 1.99. The number of hydrogen-bond donors (Lipinski definition) is 1. The van der Waals surface area contributed by atoms with Gasteiger partial charge >= 0.3 is 0 Å². The maximum atomic E-state index is 9.20. The van der Waals surface area contributed by atoms with Crippen molar-refractivity contribution in [2.24, 2.45) is 0 Å². The maximum Gasteiger partial charge on any atom is 0.122 e. The highest BCUT2D eigenvalue weighted by Crippen LogP contribution is 2.24. The second kappa shape index (κ2) is 5.93. The van der Waals surface area contributed by atoms with Gasteiger partial charge in [0.1, 0.15) is 5.75 Å². The van der Waals surface area contributed by atoms with Crippen molar-refractivity contribution >= 4 is 22.0 Å². The molecule has 1 aromatic carbocycles. The average Bonchev–Trinajstić information content (AvgIpc) is 2.27. The van der Waals surface area contributed by atoms with Gasteiger partial charge in [0, 0.05) is 5.33 Å². The van der Waals surface area contributed by atoms with Crippen LogP contribution in [0.1, 0.15) is 16.7 Å². The summed E-state index contributed by atoms with van der Waals surface area (Å²) in [7, 11) is 1.64. The highest BCUT2D eigenvalue weighted by molar-refractivity contribution is 9.09. The highest BCUT2D eigenvalue weighted by atomic mass is 79.9. The molecule has 0 aromatic heterocycles. The van der Waals surface area contributed by atoms with E-state index in [9.17, 15) is 5.11 Å². The lowest BCUT2D eigenvalue weighted by atomic mass is 10.0. The van der Waals surface area contributed by atoms with Crippen LogP contribution in [0.2, 0.25) is 0 Å². The maximum absolute atomic E-state index is 9.20. The zero-order valence-corrected chi connectivity index (χ0v) is 10.5. The van der Waals surface area contributed by atoms with Crippen LogP contribution >= 0.6 is 15.9 Å².